The maximum Gasteiger partial charge on any atom is 0.159 e. The number of phenols is 1. The molecule has 86 valence electrons. The fourth-order valence-corrected chi connectivity index (χ4v) is 2.13. The van der Waals surface area contributed by atoms with Crippen molar-refractivity contribution < 1.29 is 9.90 Å². The summed E-state index contributed by atoms with van der Waals surface area (Å²) in [6.45, 7) is 1.53. The highest BCUT2D eigenvalue weighted by Crippen LogP contribution is 2.27. The molecule has 2 rings (SSSR count). The van der Waals surface area contributed by atoms with Crippen molar-refractivity contribution in [2.45, 2.75) is 16.8 Å². The lowest BCUT2D eigenvalue weighted by Crippen LogP contribution is -1.92. The van der Waals surface area contributed by atoms with Crippen LogP contribution < -0.4 is 0 Å². The Bertz CT molecular complexity index is 537. The second kappa shape index (κ2) is 5.01. The van der Waals surface area contributed by atoms with Crippen molar-refractivity contribution >= 4 is 17.5 Å². The summed E-state index contributed by atoms with van der Waals surface area (Å²) in [5.74, 6) is 0.264. The number of aromatic hydroxyl groups is 1. The van der Waals surface area contributed by atoms with Gasteiger partial charge in [-0.2, -0.15) is 0 Å². The summed E-state index contributed by atoms with van der Waals surface area (Å²) in [5, 5.41) is 9.94. The molecule has 0 aliphatic carbocycles. The van der Waals surface area contributed by atoms with E-state index in [-0.39, 0.29) is 11.5 Å². The van der Waals surface area contributed by atoms with Gasteiger partial charge in [0, 0.05) is 16.7 Å². The van der Waals surface area contributed by atoms with Crippen LogP contribution in [0.1, 0.15) is 17.3 Å². The van der Waals surface area contributed by atoms with E-state index < -0.39 is 0 Å². The highest BCUT2D eigenvalue weighted by Gasteiger charge is 2.03. The van der Waals surface area contributed by atoms with E-state index in [1.54, 1.807) is 30.5 Å². The summed E-state index contributed by atoms with van der Waals surface area (Å²) < 4.78 is 0. The Hall–Kier alpha value is -1.81. The Kier molecular flexibility index (Phi) is 3.44. The van der Waals surface area contributed by atoms with Gasteiger partial charge in [-0.3, -0.25) is 4.79 Å². The van der Waals surface area contributed by atoms with E-state index in [2.05, 4.69) is 4.98 Å². The van der Waals surface area contributed by atoms with Crippen LogP contribution in [0.15, 0.2) is 52.5 Å². The number of aromatic nitrogens is 1. The largest absolute Gasteiger partial charge is 0.508 e. The number of Topliss-reactive ketones (excluding diaryl/α,β-unsaturated/α-hetero) is 1. The lowest BCUT2D eigenvalue weighted by molar-refractivity contribution is 0.101. The van der Waals surface area contributed by atoms with Gasteiger partial charge in [0.15, 0.2) is 5.78 Å². The molecule has 0 aliphatic heterocycles. The number of ketones is 1. The normalized spacial score (nSPS) is 10.2. The number of nitrogens with zero attached hydrogens (tertiary/aromatic N) is 1. The molecule has 0 fully saturated rings. The fraction of sp³-hybridized carbons (Fsp3) is 0.0769. The SMILES string of the molecule is CC(=O)c1ccnc(Sc2ccc(O)cc2)c1. The maximum atomic E-state index is 11.2. The highest BCUT2D eigenvalue weighted by molar-refractivity contribution is 7.99. The zero-order chi connectivity index (χ0) is 12.3. The second-order valence-corrected chi connectivity index (χ2v) is 4.63. The van der Waals surface area contributed by atoms with Crippen molar-refractivity contribution in [2.24, 2.45) is 0 Å². The van der Waals surface area contributed by atoms with Gasteiger partial charge in [0.1, 0.15) is 10.8 Å². The van der Waals surface area contributed by atoms with Crippen LogP contribution in [0.2, 0.25) is 0 Å². The molecule has 0 aliphatic rings. The van der Waals surface area contributed by atoms with E-state index in [0.29, 0.717) is 5.56 Å². The van der Waals surface area contributed by atoms with E-state index >= 15 is 0 Å². The van der Waals surface area contributed by atoms with Crippen molar-refractivity contribution in [1.82, 2.24) is 4.98 Å². The molecule has 3 nitrogen and oxygen atoms in total. The molecule has 4 heteroatoms. The Morgan fingerprint density at radius 3 is 2.59 bits per heavy atom. The van der Waals surface area contributed by atoms with Crippen molar-refractivity contribution in [1.29, 1.82) is 0 Å². The molecule has 0 radical (unpaired) electrons. The molecule has 1 aromatic heterocycles. The summed E-state index contributed by atoms with van der Waals surface area (Å²) in [5.41, 5.74) is 0.654. The van der Waals surface area contributed by atoms with Crippen LogP contribution in [-0.4, -0.2) is 15.9 Å². The average molecular weight is 245 g/mol. The minimum absolute atomic E-state index is 0.0277. The van der Waals surface area contributed by atoms with Crippen molar-refractivity contribution in [3.8, 4) is 5.75 Å². The van der Waals surface area contributed by atoms with Gasteiger partial charge in [-0.1, -0.05) is 11.8 Å². The van der Waals surface area contributed by atoms with Gasteiger partial charge >= 0.3 is 0 Å². The van der Waals surface area contributed by atoms with Crippen LogP contribution >= 0.6 is 11.8 Å². The van der Waals surface area contributed by atoms with Gasteiger partial charge in [0.2, 0.25) is 0 Å². The topological polar surface area (TPSA) is 50.2 Å². The molecule has 1 heterocycles. The predicted molar refractivity (Wildman–Crippen MR) is 66.5 cm³/mol. The van der Waals surface area contributed by atoms with Gasteiger partial charge < -0.3 is 5.11 Å². The molecule has 0 bridgehead atoms. The number of benzene rings is 1. The molecule has 0 saturated heterocycles. The molecule has 2 aromatic rings. The van der Waals surface area contributed by atoms with Crippen LogP contribution in [0.5, 0.6) is 5.75 Å². The van der Waals surface area contributed by atoms with Crippen molar-refractivity contribution in [3.63, 3.8) is 0 Å². The first-order chi connectivity index (χ1) is 8.15. The summed E-state index contributed by atoms with van der Waals surface area (Å²) in [7, 11) is 0. The monoisotopic (exact) mass is 245 g/mol. The first-order valence-corrected chi connectivity index (χ1v) is 5.91. The van der Waals surface area contributed by atoms with Gasteiger partial charge in [0.25, 0.3) is 0 Å². The first kappa shape index (κ1) is 11.7. The summed E-state index contributed by atoms with van der Waals surface area (Å²) in [4.78, 5) is 16.4. The van der Waals surface area contributed by atoms with E-state index in [0.717, 1.165) is 9.92 Å². The van der Waals surface area contributed by atoms with Crippen LogP contribution in [0.25, 0.3) is 0 Å². The van der Waals surface area contributed by atoms with E-state index in [4.69, 9.17) is 0 Å². The van der Waals surface area contributed by atoms with Crippen LogP contribution in [-0.2, 0) is 0 Å². The molecule has 0 atom stereocenters. The van der Waals surface area contributed by atoms with E-state index in [1.165, 1.54) is 18.7 Å². The average Bonchev–Trinajstić information content (AvgIpc) is 2.32. The van der Waals surface area contributed by atoms with Crippen LogP contribution in [0.3, 0.4) is 0 Å². The quantitative estimate of drug-likeness (QED) is 0.844. The number of hydrogen-bond acceptors (Lipinski definition) is 4. The van der Waals surface area contributed by atoms with E-state index in [1.807, 2.05) is 12.1 Å². The van der Waals surface area contributed by atoms with Crippen molar-refractivity contribution in [2.75, 3.05) is 0 Å². The lowest BCUT2D eigenvalue weighted by Gasteiger charge is -2.02. The van der Waals surface area contributed by atoms with Gasteiger partial charge in [-0.05, 0) is 43.3 Å². The first-order valence-electron chi connectivity index (χ1n) is 5.09. The fourth-order valence-electron chi connectivity index (χ4n) is 1.32. The number of hydrogen-bond donors (Lipinski definition) is 1. The smallest absolute Gasteiger partial charge is 0.159 e. The van der Waals surface area contributed by atoms with E-state index in [9.17, 15) is 9.90 Å². The Balaban J connectivity index is 2.21. The Morgan fingerprint density at radius 1 is 1.24 bits per heavy atom. The maximum absolute atomic E-state index is 11.2. The second-order valence-electron chi connectivity index (χ2n) is 3.53. The standard InChI is InChI=1S/C13H11NO2S/c1-9(15)10-6-7-14-13(8-10)17-12-4-2-11(16)3-5-12/h2-8,16H,1H3. The Labute approximate surface area is 104 Å². The van der Waals surface area contributed by atoms with Crippen LogP contribution in [0.4, 0.5) is 0 Å². The molecule has 1 aromatic carbocycles. The zero-order valence-corrected chi connectivity index (χ0v) is 10.1. The molecular formula is C13H11NO2S. The number of pyridine rings is 1. The number of carbonyl (C=O) groups is 1. The third-order valence-corrected chi connectivity index (χ3v) is 3.14. The van der Waals surface area contributed by atoms with Gasteiger partial charge in [-0.15, -0.1) is 0 Å². The molecule has 0 saturated carbocycles. The predicted octanol–water partition coefficient (Wildman–Crippen LogP) is 3.14. The van der Waals surface area contributed by atoms with Crippen molar-refractivity contribution in [3.05, 3.63) is 48.2 Å². The molecule has 0 spiro atoms. The molecule has 17 heavy (non-hydrogen) atoms. The van der Waals surface area contributed by atoms with Crippen LogP contribution in [0, 0.1) is 0 Å². The third-order valence-electron chi connectivity index (χ3n) is 2.20. The Morgan fingerprint density at radius 2 is 1.94 bits per heavy atom. The summed E-state index contributed by atoms with van der Waals surface area (Å²) in [6, 6.07) is 10.3. The minimum Gasteiger partial charge on any atom is -0.508 e. The molecule has 0 unspecified atom stereocenters. The third kappa shape index (κ3) is 3.07. The van der Waals surface area contributed by atoms with Gasteiger partial charge in [0.05, 0.1) is 0 Å². The summed E-state index contributed by atoms with van der Waals surface area (Å²) >= 11 is 1.45. The number of rotatable bonds is 3. The highest BCUT2D eigenvalue weighted by atomic mass is 32.2. The molecule has 0 amide bonds. The lowest BCUT2D eigenvalue weighted by atomic mass is 10.2. The molecular weight excluding hydrogens is 234 g/mol. The number of phenolic OH excluding ortho intramolecular Hbond substituents is 1. The number of carbonyl (C=O) groups excluding carboxylic acids is 1. The minimum atomic E-state index is 0.0277. The zero-order valence-electron chi connectivity index (χ0n) is 9.25. The summed E-state index contributed by atoms with van der Waals surface area (Å²) in [6.07, 6.45) is 1.62. The van der Waals surface area contributed by atoms with Gasteiger partial charge in [-0.25, -0.2) is 4.98 Å². The molecule has 1 N–H and O–H groups in total.